The van der Waals surface area contributed by atoms with E-state index < -0.39 is 5.97 Å². The van der Waals surface area contributed by atoms with Gasteiger partial charge in [0.15, 0.2) is 0 Å². The summed E-state index contributed by atoms with van der Waals surface area (Å²) >= 11 is 0. The first-order chi connectivity index (χ1) is 11.6. The molecule has 1 aromatic heterocycles. The molecule has 3 N–H and O–H groups in total. The van der Waals surface area contributed by atoms with E-state index in [1.807, 2.05) is 24.3 Å². The number of aliphatic carboxylic acids is 1. The fraction of sp³-hybridized carbons (Fsp3) is 0.0556. The van der Waals surface area contributed by atoms with Gasteiger partial charge in [-0.1, -0.05) is 30.3 Å². The summed E-state index contributed by atoms with van der Waals surface area (Å²) in [5, 5.41) is 19.4. The molecule has 0 spiro atoms. The number of hydrogen-bond donors (Lipinski definition) is 3. The van der Waals surface area contributed by atoms with E-state index in [2.05, 4.69) is 15.5 Å². The predicted octanol–water partition coefficient (Wildman–Crippen LogP) is 2.84. The van der Waals surface area contributed by atoms with Crippen molar-refractivity contribution in [2.24, 2.45) is 0 Å². The summed E-state index contributed by atoms with van der Waals surface area (Å²) in [5.41, 5.74) is 2.99. The molecule has 0 fully saturated rings. The second-order valence-electron chi connectivity index (χ2n) is 5.24. The highest BCUT2D eigenvalue weighted by Gasteiger charge is 2.09. The first kappa shape index (κ1) is 15.5. The average molecular weight is 321 g/mol. The van der Waals surface area contributed by atoms with Crippen molar-refractivity contribution in [2.75, 3.05) is 5.32 Å². The third-order valence-corrected chi connectivity index (χ3v) is 3.49. The van der Waals surface area contributed by atoms with Gasteiger partial charge in [0.1, 0.15) is 0 Å². The van der Waals surface area contributed by atoms with Crippen LogP contribution < -0.4 is 5.32 Å². The molecule has 3 aromatic rings. The zero-order chi connectivity index (χ0) is 16.9. The molecule has 6 nitrogen and oxygen atoms in total. The Bertz CT molecular complexity index is 911. The molecule has 3 rings (SSSR count). The number of amides is 1. The highest BCUT2D eigenvalue weighted by molar-refractivity contribution is 5.95. The number of nitrogens with one attached hydrogen (secondary N) is 2. The maximum absolute atomic E-state index is 12.2. The number of hydrogen-bond acceptors (Lipinski definition) is 3. The van der Waals surface area contributed by atoms with E-state index in [0.717, 1.165) is 28.2 Å². The summed E-state index contributed by atoms with van der Waals surface area (Å²) in [4.78, 5) is 22.7. The van der Waals surface area contributed by atoms with Gasteiger partial charge in [-0.05, 0) is 29.8 Å². The fourth-order valence-corrected chi connectivity index (χ4v) is 2.36. The molecular formula is C18H15N3O3. The Balaban J connectivity index is 1.65. The van der Waals surface area contributed by atoms with E-state index in [1.54, 1.807) is 24.3 Å². The number of fused-ring (bicyclic) bond motifs is 1. The molecule has 0 unspecified atom stereocenters. The largest absolute Gasteiger partial charge is 0.478 e. The molecule has 1 heterocycles. The quantitative estimate of drug-likeness (QED) is 0.630. The monoisotopic (exact) mass is 321 g/mol. The molecular weight excluding hydrogens is 306 g/mol. The normalized spacial score (nSPS) is 11.0. The summed E-state index contributed by atoms with van der Waals surface area (Å²) in [6.45, 7) is 0. The van der Waals surface area contributed by atoms with Crippen LogP contribution in [0.25, 0.3) is 17.0 Å². The lowest BCUT2D eigenvalue weighted by molar-refractivity contribution is -0.131. The van der Waals surface area contributed by atoms with E-state index in [4.69, 9.17) is 5.11 Å². The van der Waals surface area contributed by atoms with Crippen molar-refractivity contribution in [3.8, 4) is 0 Å². The molecule has 0 aliphatic carbocycles. The smallest absolute Gasteiger partial charge is 0.328 e. The number of aromatic amines is 1. The molecule has 0 saturated heterocycles. The van der Waals surface area contributed by atoms with E-state index in [1.165, 1.54) is 6.08 Å². The van der Waals surface area contributed by atoms with Gasteiger partial charge in [-0.2, -0.15) is 5.10 Å². The molecule has 0 bridgehead atoms. The molecule has 0 saturated carbocycles. The van der Waals surface area contributed by atoms with E-state index in [9.17, 15) is 9.59 Å². The Morgan fingerprint density at radius 2 is 1.88 bits per heavy atom. The van der Waals surface area contributed by atoms with Crippen LogP contribution in [-0.2, 0) is 16.0 Å². The van der Waals surface area contributed by atoms with E-state index >= 15 is 0 Å². The van der Waals surface area contributed by atoms with Gasteiger partial charge in [-0.15, -0.1) is 0 Å². The number of nitrogens with zero attached hydrogens (tertiary/aromatic N) is 1. The standard InChI is InChI=1S/C18H15N3O3/c22-17(11-16-14-3-1-2-4-15(14)20-21-16)19-13-8-5-12(6-9-13)7-10-18(23)24/h1-10H,11H2,(H,19,22)(H,20,21)(H,23,24). The number of anilines is 1. The van der Waals surface area contributed by atoms with Crippen molar-refractivity contribution in [2.45, 2.75) is 6.42 Å². The van der Waals surface area contributed by atoms with Gasteiger partial charge in [0.05, 0.1) is 17.6 Å². The summed E-state index contributed by atoms with van der Waals surface area (Å²) in [6.07, 6.45) is 2.75. The van der Waals surface area contributed by atoms with Gasteiger partial charge in [0, 0.05) is 17.1 Å². The molecule has 0 atom stereocenters. The van der Waals surface area contributed by atoms with Crippen LogP contribution in [0.5, 0.6) is 0 Å². The third-order valence-electron chi connectivity index (χ3n) is 3.49. The maximum Gasteiger partial charge on any atom is 0.328 e. The van der Waals surface area contributed by atoms with Crippen molar-refractivity contribution in [3.63, 3.8) is 0 Å². The lowest BCUT2D eigenvalue weighted by atomic mass is 10.1. The first-order valence-electron chi connectivity index (χ1n) is 7.35. The van der Waals surface area contributed by atoms with Crippen LogP contribution in [0.3, 0.4) is 0 Å². The Morgan fingerprint density at radius 1 is 1.12 bits per heavy atom. The Labute approximate surface area is 137 Å². The molecule has 1 amide bonds. The lowest BCUT2D eigenvalue weighted by Crippen LogP contribution is -2.14. The molecule has 2 aromatic carbocycles. The van der Waals surface area contributed by atoms with E-state index in [0.29, 0.717) is 5.69 Å². The van der Waals surface area contributed by atoms with Crippen LogP contribution in [0.4, 0.5) is 5.69 Å². The number of benzene rings is 2. The maximum atomic E-state index is 12.2. The number of carbonyl (C=O) groups excluding carboxylic acids is 1. The van der Waals surface area contributed by atoms with Gasteiger partial charge >= 0.3 is 5.97 Å². The average Bonchev–Trinajstić information content (AvgIpc) is 2.97. The fourth-order valence-electron chi connectivity index (χ4n) is 2.36. The van der Waals surface area contributed by atoms with Gasteiger partial charge in [-0.3, -0.25) is 9.89 Å². The van der Waals surface area contributed by atoms with Crippen LogP contribution in [0.1, 0.15) is 11.3 Å². The van der Waals surface area contributed by atoms with Gasteiger partial charge in [0.25, 0.3) is 0 Å². The van der Waals surface area contributed by atoms with Crippen LogP contribution in [0.2, 0.25) is 0 Å². The molecule has 0 aliphatic rings. The zero-order valence-electron chi connectivity index (χ0n) is 12.7. The molecule has 24 heavy (non-hydrogen) atoms. The number of carboxylic acid groups (broad SMARTS) is 1. The van der Waals surface area contributed by atoms with Crippen LogP contribution in [0, 0.1) is 0 Å². The second kappa shape index (κ2) is 6.78. The molecule has 120 valence electrons. The van der Waals surface area contributed by atoms with Gasteiger partial charge < -0.3 is 10.4 Å². The summed E-state index contributed by atoms with van der Waals surface area (Å²) in [5.74, 6) is -1.16. The third kappa shape index (κ3) is 3.67. The Morgan fingerprint density at radius 3 is 2.62 bits per heavy atom. The number of para-hydroxylation sites is 1. The molecule has 6 heteroatoms. The Hall–Kier alpha value is -3.41. The predicted molar refractivity (Wildman–Crippen MR) is 91.5 cm³/mol. The topological polar surface area (TPSA) is 95.1 Å². The first-order valence-corrected chi connectivity index (χ1v) is 7.35. The summed E-state index contributed by atoms with van der Waals surface area (Å²) < 4.78 is 0. The Kier molecular flexibility index (Phi) is 4.38. The highest BCUT2D eigenvalue weighted by Crippen LogP contribution is 2.16. The molecule has 0 radical (unpaired) electrons. The summed E-state index contributed by atoms with van der Waals surface area (Å²) in [6, 6.07) is 14.5. The van der Waals surface area contributed by atoms with Crippen molar-refractivity contribution in [3.05, 3.63) is 65.9 Å². The summed E-state index contributed by atoms with van der Waals surface area (Å²) in [7, 11) is 0. The van der Waals surface area contributed by atoms with Gasteiger partial charge in [-0.25, -0.2) is 4.79 Å². The second-order valence-corrected chi connectivity index (χ2v) is 5.24. The van der Waals surface area contributed by atoms with E-state index in [-0.39, 0.29) is 12.3 Å². The number of carboxylic acids is 1. The SMILES string of the molecule is O=C(O)C=Cc1ccc(NC(=O)Cc2[nH]nc3ccccc23)cc1. The lowest BCUT2D eigenvalue weighted by Gasteiger charge is -2.05. The minimum Gasteiger partial charge on any atom is -0.478 e. The number of carbonyl (C=O) groups is 2. The van der Waals surface area contributed by atoms with Crippen molar-refractivity contribution in [1.29, 1.82) is 0 Å². The van der Waals surface area contributed by atoms with Crippen molar-refractivity contribution in [1.82, 2.24) is 10.2 Å². The van der Waals surface area contributed by atoms with Crippen molar-refractivity contribution >= 4 is 34.5 Å². The highest BCUT2D eigenvalue weighted by atomic mass is 16.4. The minimum absolute atomic E-state index is 0.154. The zero-order valence-corrected chi connectivity index (χ0v) is 12.7. The van der Waals surface area contributed by atoms with Crippen LogP contribution in [-0.4, -0.2) is 27.2 Å². The molecule has 0 aliphatic heterocycles. The van der Waals surface area contributed by atoms with Crippen LogP contribution in [0.15, 0.2) is 54.6 Å². The number of aromatic nitrogens is 2. The number of rotatable bonds is 5. The number of H-pyrrole nitrogens is 1. The van der Waals surface area contributed by atoms with Crippen molar-refractivity contribution < 1.29 is 14.7 Å². The minimum atomic E-state index is -1.00. The van der Waals surface area contributed by atoms with Crippen LogP contribution >= 0.6 is 0 Å². The van der Waals surface area contributed by atoms with Gasteiger partial charge in [0.2, 0.25) is 5.91 Å².